The molecule has 0 bridgehead atoms. The fourth-order valence-corrected chi connectivity index (χ4v) is 6.49. The number of nitrogens with zero attached hydrogens (tertiary/aromatic N) is 3. The lowest BCUT2D eigenvalue weighted by Crippen LogP contribution is -2.40. The maximum Gasteiger partial charge on any atom is 0.271 e. The Morgan fingerprint density at radius 1 is 1.07 bits per heavy atom. The van der Waals surface area contributed by atoms with E-state index in [0.29, 0.717) is 59.5 Å². The summed E-state index contributed by atoms with van der Waals surface area (Å²) in [5, 5.41) is 12.9. The molecule has 0 fully saturated rings. The van der Waals surface area contributed by atoms with Crippen LogP contribution in [0.25, 0.3) is 6.08 Å². The molecule has 10 heteroatoms. The number of nitrogens with one attached hydrogen (secondary N) is 1. The lowest BCUT2D eigenvalue weighted by molar-refractivity contribution is -0.113. The van der Waals surface area contributed by atoms with Gasteiger partial charge in [0.05, 0.1) is 40.6 Å². The van der Waals surface area contributed by atoms with E-state index < -0.39 is 6.04 Å². The van der Waals surface area contributed by atoms with Crippen molar-refractivity contribution < 1.29 is 14.3 Å². The number of methoxy groups -OCH3 is 1. The van der Waals surface area contributed by atoms with Gasteiger partial charge in [-0.05, 0) is 67.1 Å². The van der Waals surface area contributed by atoms with Gasteiger partial charge in [0.2, 0.25) is 0 Å². The van der Waals surface area contributed by atoms with Crippen molar-refractivity contribution in [1.29, 1.82) is 5.26 Å². The average Bonchev–Trinajstić information content (AvgIpc) is 3.37. The van der Waals surface area contributed by atoms with E-state index in [2.05, 4.69) is 11.4 Å². The lowest BCUT2D eigenvalue weighted by atomic mass is 9.95. The van der Waals surface area contributed by atoms with E-state index in [0.717, 1.165) is 5.56 Å². The molecule has 0 aliphatic carbocycles. The number of anilines is 1. The van der Waals surface area contributed by atoms with E-state index >= 15 is 0 Å². The van der Waals surface area contributed by atoms with Crippen LogP contribution in [0.4, 0.5) is 5.69 Å². The predicted molar refractivity (Wildman–Crippen MR) is 179 cm³/mol. The van der Waals surface area contributed by atoms with E-state index in [4.69, 9.17) is 26.1 Å². The molecule has 0 radical (unpaired) electrons. The molecule has 1 atom stereocenters. The van der Waals surface area contributed by atoms with Crippen molar-refractivity contribution in [2.45, 2.75) is 19.6 Å². The predicted octanol–water partition coefficient (Wildman–Crippen LogP) is 5.99. The van der Waals surface area contributed by atoms with E-state index in [1.165, 1.54) is 11.3 Å². The molecule has 46 heavy (non-hydrogen) atoms. The van der Waals surface area contributed by atoms with E-state index in [1.54, 1.807) is 67.1 Å². The largest absolute Gasteiger partial charge is 0.497 e. The van der Waals surface area contributed by atoms with Crippen molar-refractivity contribution in [1.82, 2.24) is 4.57 Å². The van der Waals surface area contributed by atoms with E-state index in [-0.39, 0.29) is 18.1 Å². The van der Waals surface area contributed by atoms with Crippen LogP contribution in [0.2, 0.25) is 5.02 Å². The molecule has 6 rings (SSSR count). The number of nitriles is 1. The zero-order chi connectivity index (χ0) is 32.2. The van der Waals surface area contributed by atoms with Crippen molar-refractivity contribution in [2.24, 2.45) is 4.99 Å². The molecule has 228 valence electrons. The van der Waals surface area contributed by atoms with Crippen LogP contribution in [0, 0.1) is 11.3 Å². The molecule has 1 N–H and O–H groups in total. The number of para-hydroxylation sites is 1. The van der Waals surface area contributed by atoms with Gasteiger partial charge in [0, 0.05) is 21.8 Å². The van der Waals surface area contributed by atoms with Gasteiger partial charge < -0.3 is 14.8 Å². The molecule has 1 aromatic heterocycles. The van der Waals surface area contributed by atoms with Crippen LogP contribution < -0.4 is 29.7 Å². The molecule has 0 unspecified atom stereocenters. The fraction of sp³-hybridized carbons (Fsp3) is 0.111. The van der Waals surface area contributed by atoms with Gasteiger partial charge in [-0.25, -0.2) is 4.99 Å². The van der Waals surface area contributed by atoms with Crippen molar-refractivity contribution in [2.75, 3.05) is 12.4 Å². The van der Waals surface area contributed by atoms with Gasteiger partial charge in [-0.1, -0.05) is 71.5 Å². The minimum Gasteiger partial charge on any atom is -0.497 e. The third-order valence-corrected chi connectivity index (χ3v) is 8.70. The number of ether oxygens (including phenoxy) is 2. The molecule has 8 nitrogen and oxygen atoms in total. The minimum atomic E-state index is -0.769. The summed E-state index contributed by atoms with van der Waals surface area (Å²) in [6, 6.07) is 30.2. The maximum atomic E-state index is 14.2. The Bertz CT molecular complexity index is 2220. The van der Waals surface area contributed by atoms with Crippen molar-refractivity contribution in [3.63, 3.8) is 0 Å². The van der Waals surface area contributed by atoms with Gasteiger partial charge in [0.25, 0.3) is 11.5 Å². The average molecular weight is 647 g/mol. The number of rotatable bonds is 8. The summed E-state index contributed by atoms with van der Waals surface area (Å²) >= 11 is 7.59. The summed E-state index contributed by atoms with van der Waals surface area (Å²) in [7, 11) is 1.57. The van der Waals surface area contributed by atoms with Crippen molar-refractivity contribution in [3.8, 4) is 17.6 Å². The first-order valence-electron chi connectivity index (χ1n) is 14.3. The van der Waals surface area contributed by atoms with Crippen molar-refractivity contribution >= 4 is 40.6 Å². The zero-order valence-corrected chi connectivity index (χ0v) is 26.4. The molecule has 1 aliphatic rings. The summed E-state index contributed by atoms with van der Waals surface area (Å²) in [5.74, 6) is 0.722. The number of thiazole rings is 1. The molecule has 4 aromatic carbocycles. The second kappa shape index (κ2) is 13.3. The van der Waals surface area contributed by atoms with Crippen LogP contribution >= 0.6 is 22.9 Å². The van der Waals surface area contributed by atoms with Gasteiger partial charge in [-0.2, -0.15) is 5.26 Å². The summed E-state index contributed by atoms with van der Waals surface area (Å²) in [5.41, 5.74) is 3.68. The standard InChI is InChI=1S/C36H27ClN4O4S/c1-22-32(34(42)40-28-12-4-3-5-13-28)33(23-11-8-14-29(18-23)44-2)41-35(43)31(46-36(41)39-22)19-26-17-27(37)15-16-30(26)45-21-25-10-7-6-9-24(25)20-38/h3-19,33H,21H2,1-2H3,(H,40,42)/b31-19-/t33-/m0/s1. The van der Waals surface area contributed by atoms with Gasteiger partial charge in [0.15, 0.2) is 4.80 Å². The van der Waals surface area contributed by atoms with Gasteiger partial charge >= 0.3 is 0 Å². The molecule has 1 aliphatic heterocycles. The van der Waals surface area contributed by atoms with Crippen LogP contribution in [0.3, 0.4) is 0 Å². The van der Waals surface area contributed by atoms with Crippen LogP contribution in [-0.4, -0.2) is 17.6 Å². The molecule has 1 amide bonds. The maximum absolute atomic E-state index is 14.2. The number of hydrogen-bond donors (Lipinski definition) is 1. The summed E-state index contributed by atoms with van der Waals surface area (Å²) in [6.07, 6.45) is 1.72. The lowest BCUT2D eigenvalue weighted by Gasteiger charge is -2.25. The van der Waals surface area contributed by atoms with Gasteiger partial charge in [0.1, 0.15) is 18.1 Å². The number of carbonyl (C=O) groups excluding carboxylic acids is 1. The number of allylic oxidation sites excluding steroid dienone is 1. The van der Waals surface area contributed by atoms with Crippen molar-refractivity contribution in [3.05, 3.63) is 155 Å². The molecule has 0 spiro atoms. The monoisotopic (exact) mass is 646 g/mol. The number of halogens is 1. The second-order valence-electron chi connectivity index (χ2n) is 10.4. The van der Waals surface area contributed by atoms with Crippen LogP contribution in [0.5, 0.6) is 11.5 Å². The fourth-order valence-electron chi connectivity index (χ4n) is 5.27. The first-order valence-corrected chi connectivity index (χ1v) is 15.5. The summed E-state index contributed by atoms with van der Waals surface area (Å²) in [6.45, 7) is 1.93. The zero-order valence-electron chi connectivity index (χ0n) is 24.9. The molecule has 0 saturated heterocycles. The molecular weight excluding hydrogens is 620 g/mol. The second-order valence-corrected chi connectivity index (χ2v) is 11.9. The van der Waals surface area contributed by atoms with Crippen LogP contribution in [-0.2, 0) is 11.4 Å². The molecule has 0 saturated carbocycles. The first-order chi connectivity index (χ1) is 22.4. The summed E-state index contributed by atoms with van der Waals surface area (Å²) in [4.78, 5) is 33.2. The molecule has 5 aromatic rings. The number of aromatic nitrogens is 1. The first kappa shape index (κ1) is 30.6. The van der Waals surface area contributed by atoms with Crippen LogP contribution in [0.15, 0.2) is 118 Å². The van der Waals surface area contributed by atoms with Crippen LogP contribution in [0.1, 0.15) is 35.2 Å². The number of amides is 1. The Balaban J connectivity index is 1.45. The quantitative estimate of drug-likeness (QED) is 0.223. The Kier molecular flexibility index (Phi) is 8.83. The molecular formula is C36H27ClN4O4S. The SMILES string of the molecule is COc1cccc([C@H]2C(C(=O)Nc3ccccc3)=C(C)N=c3s/c(=C\c4cc(Cl)ccc4OCc4ccccc4C#N)c(=O)n32)c1. The topological polar surface area (TPSA) is 106 Å². The third-order valence-electron chi connectivity index (χ3n) is 7.49. The summed E-state index contributed by atoms with van der Waals surface area (Å²) < 4.78 is 13.5. The van der Waals surface area contributed by atoms with Gasteiger partial charge in [-0.3, -0.25) is 14.2 Å². The molecule has 2 heterocycles. The highest BCUT2D eigenvalue weighted by atomic mass is 35.5. The number of hydrogen-bond acceptors (Lipinski definition) is 7. The Labute approximate surface area is 273 Å². The number of carbonyl (C=O) groups is 1. The highest BCUT2D eigenvalue weighted by molar-refractivity contribution is 7.07. The normalized spacial score (nSPS) is 14.2. The Morgan fingerprint density at radius 2 is 1.85 bits per heavy atom. The Morgan fingerprint density at radius 3 is 2.63 bits per heavy atom. The highest BCUT2D eigenvalue weighted by Gasteiger charge is 2.33. The third kappa shape index (κ3) is 6.22. The van der Waals surface area contributed by atoms with E-state index in [9.17, 15) is 14.9 Å². The minimum absolute atomic E-state index is 0.155. The Hall–Kier alpha value is -5.43. The van der Waals surface area contributed by atoms with E-state index in [1.807, 2.05) is 54.6 Å². The smallest absolute Gasteiger partial charge is 0.271 e. The van der Waals surface area contributed by atoms with Gasteiger partial charge in [-0.15, -0.1) is 0 Å². The number of fused-ring (bicyclic) bond motifs is 1. The highest BCUT2D eigenvalue weighted by Crippen LogP contribution is 2.32. The number of benzene rings is 4.